The van der Waals surface area contributed by atoms with Crippen molar-refractivity contribution in [1.29, 1.82) is 0 Å². The zero-order valence-corrected chi connectivity index (χ0v) is 18.4. The summed E-state index contributed by atoms with van der Waals surface area (Å²) in [5.41, 5.74) is 0.874. The minimum absolute atomic E-state index is 0.0999. The van der Waals surface area contributed by atoms with Crippen LogP contribution in [0.5, 0.6) is 0 Å². The third-order valence-corrected chi connectivity index (χ3v) is 6.82. The van der Waals surface area contributed by atoms with Crippen LogP contribution in [0.15, 0.2) is 57.8 Å². The Labute approximate surface area is 180 Å². The summed E-state index contributed by atoms with van der Waals surface area (Å²) in [6.45, 7) is 6.06. The van der Waals surface area contributed by atoms with Crippen LogP contribution in [0.1, 0.15) is 41.7 Å². The molecule has 1 aromatic heterocycles. The highest BCUT2D eigenvalue weighted by Gasteiger charge is 2.25. The van der Waals surface area contributed by atoms with E-state index in [9.17, 15) is 18.0 Å². The van der Waals surface area contributed by atoms with Crippen LogP contribution in [0.4, 0.5) is 5.69 Å². The van der Waals surface area contributed by atoms with E-state index in [4.69, 9.17) is 9.15 Å². The lowest BCUT2D eigenvalue weighted by atomic mass is 10.2. The van der Waals surface area contributed by atoms with Gasteiger partial charge in [0.05, 0.1) is 11.5 Å². The third-order valence-electron chi connectivity index (χ3n) is 4.75. The first kappa shape index (κ1) is 22.5. The minimum atomic E-state index is -3.62. The number of ether oxygens (including phenoxy) is 1. The van der Waals surface area contributed by atoms with Crippen LogP contribution in [-0.4, -0.2) is 44.3 Å². The van der Waals surface area contributed by atoms with Crippen molar-refractivity contribution in [3.63, 3.8) is 0 Å². The van der Waals surface area contributed by atoms with Crippen molar-refractivity contribution in [2.24, 2.45) is 0 Å². The minimum Gasteiger partial charge on any atom is -0.460 e. The first-order valence-electron chi connectivity index (χ1n) is 9.93. The molecule has 0 fully saturated rings. The van der Waals surface area contributed by atoms with Gasteiger partial charge in [0.2, 0.25) is 15.8 Å². The average molecular weight is 445 g/mol. The van der Waals surface area contributed by atoms with E-state index in [1.54, 1.807) is 45.0 Å². The number of esters is 1. The van der Waals surface area contributed by atoms with Crippen molar-refractivity contribution < 1.29 is 27.2 Å². The Morgan fingerprint density at radius 2 is 1.65 bits per heavy atom. The Balaban J connectivity index is 1.91. The largest absolute Gasteiger partial charge is 0.460 e. The maximum atomic E-state index is 12.8. The molecule has 8 nitrogen and oxygen atoms in total. The summed E-state index contributed by atoms with van der Waals surface area (Å²) >= 11 is 0. The number of hydrogen-bond acceptors (Lipinski definition) is 6. The van der Waals surface area contributed by atoms with Crippen LogP contribution in [0.3, 0.4) is 0 Å². The topological polar surface area (TPSA) is 106 Å². The summed E-state index contributed by atoms with van der Waals surface area (Å²) in [4.78, 5) is 25.2. The molecule has 9 heteroatoms. The average Bonchev–Trinajstić information content (AvgIpc) is 3.13. The molecule has 0 aliphatic carbocycles. The Bertz CT molecular complexity index is 1190. The fraction of sp³-hybridized carbons (Fsp3) is 0.273. The number of rotatable bonds is 8. The highest BCUT2D eigenvalue weighted by molar-refractivity contribution is 7.89. The Morgan fingerprint density at radius 1 is 1.00 bits per heavy atom. The summed E-state index contributed by atoms with van der Waals surface area (Å²) in [6.07, 6.45) is 0. The van der Waals surface area contributed by atoms with Crippen LogP contribution in [0.25, 0.3) is 11.0 Å². The van der Waals surface area contributed by atoms with E-state index in [2.05, 4.69) is 5.32 Å². The second-order valence-corrected chi connectivity index (χ2v) is 8.53. The van der Waals surface area contributed by atoms with Crippen molar-refractivity contribution >= 4 is 38.6 Å². The molecule has 0 bridgehead atoms. The summed E-state index contributed by atoms with van der Waals surface area (Å²) in [5.74, 6) is -1.30. The zero-order chi connectivity index (χ0) is 22.6. The summed E-state index contributed by atoms with van der Waals surface area (Å²) < 4.78 is 37.2. The van der Waals surface area contributed by atoms with Crippen molar-refractivity contribution in [3.05, 3.63) is 59.9 Å². The van der Waals surface area contributed by atoms with Gasteiger partial charge in [-0.15, -0.1) is 0 Å². The maximum Gasteiger partial charge on any atom is 0.376 e. The highest BCUT2D eigenvalue weighted by atomic mass is 32.2. The van der Waals surface area contributed by atoms with Gasteiger partial charge in [0.1, 0.15) is 11.3 Å². The summed E-state index contributed by atoms with van der Waals surface area (Å²) in [5, 5.41) is 3.25. The molecule has 1 heterocycles. The number of hydrogen-bond donors (Lipinski definition) is 1. The second-order valence-electron chi connectivity index (χ2n) is 6.59. The molecule has 0 aliphatic rings. The van der Waals surface area contributed by atoms with Gasteiger partial charge in [0, 0.05) is 24.0 Å². The molecule has 0 radical (unpaired) electrons. The smallest absolute Gasteiger partial charge is 0.376 e. The number of furan rings is 1. The molecule has 0 atom stereocenters. The predicted octanol–water partition coefficient (Wildman–Crippen LogP) is 3.89. The lowest BCUT2D eigenvalue weighted by Gasteiger charge is -2.18. The van der Waals surface area contributed by atoms with E-state index in [-0.39, 0.29) is 28.5 Å². The van der Waals surface area contributed by atoms with Crippen LogP contribution in [0.2, 0.25) is 0 Å². The fourth-order valence-corrected chi connectivity index (χ4v) is 4.64. The molecule has 31 heavy (non-hydrogen) atoms. The molecule has 0 saturated heterocycles. The van der Waals surface area contributed by atoms with Crippen molar-refractivity contribution in [1.82, 2.24) is 4.31 Å². The van der Waals surface area contributed by atoms with Gasteiger partial charge in [-0.3, -0.25) is 4.79 Å². The number of nitrogens with one attached hydrogen (secondary N) is 1. The van der Waals surface area contributed by atoms with E-state index in [1.807, 2.05) is 0 Å². The lowest BCUT2D eigenvalue weighted by molar-refractivity contribution is 0.0494. The van der Waals surface area contributed by atoms with E-state index in [0.717, 1.165) is 0 Å². The number of benzene rings is 2. The van der Waals surface area contributed by atoms with Gasteiger partial charge >= 0.3 is 5.97 Å². The van der Waals surface area contributed by atoms with Gasteiger partial charge in [-0.25, -0.2) is 13.2 Å². The fourth-order valence-electron chi connectivity index (χ4n) is 3.19. The summed E-state index contributed by atoms with van der Waals surface area (Å²) in [7, 11) is -3.62. The molecule has 3 rings (SSSR count). The molecular formula is C22H24N2O6S. The number of nitrogens with zero attached hydrogens (tertiary/aromatic N) is 1. The van der Waals surface area contributed by atoms with Gasteiger partial charge in [-0.1, -0.05) is 26.0 Å². The van der Waals surface area contributed by atoms with Crippen molar-refractivity contribution in [2.45, 2.75) is 25.7 Å². The van der Waals surface area contributed by atoms with Crippen LogP contribution < -0.4 is 5.32 Å². The van der Waals surface area contributed by atoms with Gasteiger partial charge in [-0.05, 0) is 43.3 Å². The summed E-state index contributed by atoms with van der Waals surface area (Å²) in [6, 6.07) is 12.6. The van der Waals surface area contributed by atoms with E-state index >= 15 is 0 Å². The Morgan fingerprint density at radius 3 is 2.26 bits per heavy atom. The molecule has 0 aliphatic heterocycles. The molecule has 1 amide bonds. The van der Waals surface area contributed by atoms with Crippen LogP contribution in [0, 0.1) is 0 Å². The first-order chi connectivity index (χ1) is 14.8. The molecule has 0 spiro atoms. The Hall–Kier alpha value is -3.17. The number of para-hydroxylation sites is 1. The second kappa shape index (κ2) is 9.32. The number of anilines is 1. The molecule has 2 aromatic carbocycles. The van der Waals surface area contributed by atoms with Gasteiger partial charge in [0.15, 0.2) is 0 Å². The van der Waals surface area contributed by atoms with Crippen LogP contribution >= 0.6 is 0 Å². The predicted molar refractivity (Wildman–Crippen MR) is 117 cm³/mol. The number of carbonyl (C=O) groups is 2. The number of amides is 1. The zero-order valence-electron chi connectivity index (χ0n) is 17.5. The normalized spacial score (nSPS) is 11.6. The number of carbonyl (C=O) groups excluding carboxylic acids is 2. The molecule has 1 N–H and O–H groups in total. The van der Waals surface area contributed by atoms with E-state index < -0.39 is 21.9 Å². The Kier molecular flexibility index (Phi) is 6.77. The standard InChI is InChI=1S/C22H24N2O6S/c1-4-24(5-2)31(27,28)16-13-11-15(12-14-16)21(25)23-19-17-9-7-8-10-18(17)30-20(19)22(26)29-6-3/h7-14H,4-6H2,1-3H3,(H,23,25). The first-order valence-corrected chi connectivity index (χ1v) is 11.4. The van der Waals surface area contributed by atoms with Crippen molar-refractivity contribution in [2.75, 3.05) is 25.0 Å². The molecule has 0 unspecified atom stereocenters. The molecule has 0 saturated carbocycles. The highest BCUT2D eigenvalue weighted by Crippen LogP contribution is 2.32. The number of fused-ring (bicyclic) bond motifs is 1. The SMILES string of the molecule is CCOC(=O)c1oc2ccccc2c1NC(=O)c1ccc(S(=O)(=O)N(CC)CC)cc1. The van der Waals surface area contributed by atoms with Crippen LogP contribution in [-0.2, 0) is 14.8 Å². The quantitative estimate of drug-likeness (QED) is 0.528. The van der Waals surface area contributed by atoms with E-state index in [1.165, 1.54) is 28.6 Å². The molecule has 3 aromatic rings. The van der Waals surface area contributed by atoms with Gasteiger partial charge in [0.25, 0.3) is 5.91 Å². The third kappa shape index (κ3) is 4.47. The lowest BCUT2D eigenvalue weighted by Crippen LogP contribution is -2.30. The van der Waals surface area contributed by atoms with Crippen molar-refractivity contribution in [3.8, 4) is 0 Å². The molecular weight excluding hydrogens is 420 g/mol. The molecule has 164 valence electrons. The van der Waals surface area contributed by atoms with E-state index in [0.29, 0.717) is 24.1 Å². The maximum absolute atomic E-state index is 12.8. The van der Waals surface area contributed by atoms with Gasteiger partial charge in [-0.2, -0.15) is 4.31 Å². The van der Waals surface area contributed by atoms with Gasteiger partial charge < -0.3 is 14.5 Å². The monoisotopic (exact) mass is 444 g/mol. The number of sulfonamides is 1.